The molecule has 55 heavy (non-hydrogen) atoms. The topological polar surface area (TPSA) is 91.3 Å². The van der Waals surface area contributed by atoms with Gasteiger partial charge in [-0.1, -0.05) is 137 Å². The van der Waals surface area contributed by atoms with Gasteiger partial charge < -0.3 is 18.9 Å². The number of esters is 1. The van der Waals surface area contributed by atoms with E-state index in [9.17, 15) is 14.3 Å². The maximum Gasteiger partial charge on any atom is 0.472 e. The van der Waals surface area contributed by atoms with Crippen LogP contribution in [0.5, 0.6) is 0 Å². The number of hydrogen-bond donors (Lipinski definition) is 1. The molecule has 1 N–H and O–H groups in total. The molecule has 0 saturated carbocycles. The molecule has 0 rings (SSSR count). The molecule has 316 valence electrons. The highest BCUT2D eigenvalue weighted by Crippen LogP contribution is 2.43. The molecular weight excluding hydrogens is 709 g/mol. The summed E-state index contributed by atoms with van der Waals surface area (Å²) in [7, 11) is 1.62. The SMILES string of the molecule is CC/C=C\C/C=C\C/C=C\C/C=C\CCCCCCCCCOCC(COP(=O)(O)OCC[N+](C)(C)C)OC(=O)CCCCC/C=C\C/C=C\C/C=C\CC. The van der Waals surface area contributed by atoms with Crippen LogP contribution in [0.4, 0.5) is 0 Å². The molecule has 0 bridgehead atoms. The number of carbonyl (C=O) groups excluding carboxylic acids is 1. The summed E-state index contributed by atoms with van der Waals surface area (Å²) in [6.07, 6.45) is 50.5. The highest BCUT2D eigenvalue weighted by Gasteiger charge is 2.26. The smallest absolute Gasteiger partial charge is 0.457 e. The molecule has 0 aliphatic carbocycles. The molecule has 0 saturated heterocycles. The minimum Gasteiger partial charge on any atom is -0.457 e. The van der Waals surface area contributed by atoms with Crippen molar-refractivity contribution in [3.05, 3.63) is 85.1 Å². The first-order valence-electron chi connectivity index (χ1n) is 21.3. The Bertz CT molecular complexity index is 1150. The highest BCUT2D eigenvalue weighted by molar-refractivity contribution is 7.47. The van der Waals surface area contributed by atoms with E-state index in [-0.39, 0.29) is 32.2 Å². The zero-order chi connectivity index (χ0) is 40.6. The molecule has 0 aromatic heterocycles. The van der Waals surface area contributed by atoms with E-state index in [1.165, 1.54) is 25.7 Å². The standard InChI is InChI=1S/C46H80NO7P/c1-6-8-10-12-14-16-18-20-21-22-23-24-25-26-28-30-32-34-36-38-41-51-43-45(44-53-55(49,50)52-42-40-47(3,4)5)54-46(48)39-37-35-33-31-29-27-19-17-15-13-11-9-7-2/h8-11,14-17,20-21,23-24,27,29,45H,6-7,12-13,18-19,22,25-26,28,30-44H2,1-5H3/p+1/b10-8-,11-9-,16-14-,17-15-,21-20-,24-23-,29-27-. The second-order valence-corrected chi connectivity index (χ2v) is 16.4. The molecule has 0 aromatic carbocycles. The maximum absolute atomic E-state index is 12.7. The number of phosphoric ester groups is 1. The van der Waals surface area contributed by atoms with E-state index < -0.39 is 13.9 Å². The summed E-state index contributed by atoms with van der Waals surface area (Å²) in [4.78, 5) is 22.8. The predicted octanol–water partition coefficient (Wildman–Crippen LogP) is 12.5. The lowest BCUT2D eigenvalue weighted by Crippen LogP contribution is -2.37. The molecule has 8 nitrogen and oxygen atoms in total. The monoisotopic (exact) mass is 791 g/mol. The first-order valence-corrected chi connectivity index (χ1v) is 22.8. The molecule has 0 spiro atoms. The molecule has 0 heterocycles. The van der Waals surface area contributed by atoms with Gasteiger partial charge in [0.05, 0.1) is 34.4 Å². The van der Waals surface area contributed by atoms with Crippen LogP contribution in [0.2, 0.25) is 0 Å². The van der Waals surface area contributed by atoms with Gasteiger partial charge >= 0.3 is 13.8 Å². The summed E-state index contributed by atoms with van der Waals surface area (Å²) < 4.78 is 34.9. The van der Waals surface area contributed by atoms with Crippen molar-refractivity contribution in [3.8, 4) is 0 Å². The summed E-state index contributed by atoms with van der Waals surface area (Å²) in [5.74, 6) is -0.351. The number of allylic oxidation sites excluding steroid dienone is 14. The Morgan fingerprint density at radius 3 is 1.49 bits per heavy atom. The van der Waals surface area contributed by atoms with Crippen molar-refractivity contribution in [2.45, 2.75) is 148 Å². The fourth-order valence-corrected chi connectivity index (χ4v) is 5.94. The van der Waals surface area contributed by atoms with Crippen molar-refractivity contribution < 1.29 is 37.3 Å². The third-order valence-corrected chi connectivity index (χ3v) is 9.44. The Morgan fingerprint density at radius 2 is 1.00 bits per heavy atom. The van der Waals surface area contributed by atoms with Gasteiger partial charge in [0.2, 0.25) is 0 Å². The minimum absolute atomic E-state index is 0.0755. The molecule has 9 heteroatoms. The van der Waals surface area contributed by atoms with Crippen LogP contribution < -0.4 is 0 Å². The summed E-state index contributed by atoms with van der Waals surface area (Å²) in [6.45, 7) is 5.29. The normalized spacial score (nSPS) is 14.7. The van der Waals surface area contributed by atoms with Gasteiger partial charge in [0.15, 0.2) is 0 Å². The molecule has 0 amide bonds. The number of carbonyl (C=O) groups is 1. The highest BCUT2D eigenvalue weighted by atomic mass is 31.2. The van der Waals surface area contributed by atoms with E-state index in [1.807, 2.05) is 21.1 Å². The van der Waals surface area contributed by atoms with Gasteiger partial charge in [-0.15, -0.1) is 0 Å². The van der Waals surface area contributed by atoms with Crippen molar-refractivity contribution in [1.82, 2.24) is 0 Å². The number of quaternary nitrogens is 1. The molecule has 2 unspecified atom stereocenters. The Kier molecular flexibility index (Phi) is 36.9. The summed E-state index contributed by atoms with van der Waals surface area (Å²) in [6, 6.07) is 0. The largest absolute Gasteiger partial charge is 0.472 e. The van der Waals surface area contributed by atoms with Crippen LogP contribution in [0.25, 0.3) is 0 Å². The van der Waals surface area contributed by atoms with Crippen LogP contribution in [0.3, 0.4) is 0 Å². The Balaban J connectivity index is 4.30. The molecular formula is C46H81NO7P+. The van der Waals surface area contributed by atoms with E-state index in [2.05, 4.69) is 98.9 Å². The van der Waals surface area contributed by atoms with E-state index in [4.69, 9.17) is 18.5 Å². The van der Waals surface area contributed by atoms with Crippen molar-refractivity contribution in [2.75, 3.05) is 54.1 Å². The quantitative estimate of drug-likeness (QED) is 0.0219. The zero-order valence-electron chi connectivity index (χ0n) is 35.6. The average molecular weight is 791 g/mol. The predicted molar refractivity (Wildman–Crippen MR) is 233 cm³/mol. The molecule has 0 aliphatic rings. The molecule has 2 atom stereocenters. The number of rotatable bonds is 38. The summed E-state index contributed by atoms with van der Waals surface area (Å²) in [5.41, 5.74) is 0. The van der Waals surface area contributed by atoms with Crippen LogP contribution in [0.15, 0.2) is 85.1 Å². The number of ether oxygens (including phenoxy) is 2. The van der Waals surface area contributed by atoms with Gasteiger partial charge in [0, 0.05) is 13.0 Å². The van der Waals surface area contributed by atoms with Crippen molar-refractivity contribution >= 4 is 13.8 Å². The molecule has 0 aromatic rings. The van der Waals surface area contributed by atoms with Gasteiger partial charge in [-0.05, 0) is 83.5 Å². The van der Waals surface area contributed by atoms with Gasteiger partial charge in [0.25, 0.3) is 0 Å². The third-order valence-electron chi connectivity index (χ3n) is 8.45. The van der Waals surface area contributed by atoms with Crippen LogP contribution in [-0.4, -0.2) is 75.6 Å². The third kappa shape index (κ3) is 42.7. The Labute approximate surface area is 337 Å². The van der Waals surface area contributed by atoms with E-state index in [0.717, 1.165) is 96.3 Å². The Hall–Kier alpha value is -2.32. The first kappa shape index (κ1) is 52.7. The van der Waals surface area contributed by atoms with Crippen LogP contribution >= 0.6 is 7.82 Å². The van der Waals surface area contributed by atoms with Crippen LogP contribution in [0, 0.1) is 0 Å². The molecule has 0 aliphatic heterocycles. The first-order chi connectivity index (χ1) is 26.6. The van der Waals surface area contributed by atoms with Crippen molar-refractivity contribution in [1.29, 1.82) is 0 Å². The minimum atomic E-state index is -4.29. The zero-order valence-corrected chi connectivity index (χ0v) is 36.5. The average Bonchev–Trinajstić information content (AvgIpc) is 3.13. The number of unbranched alkanes of at least 4 members (excludes halogenated alkanes) is 10. The number of hydrogen-bond acceptors (Lipinski definition) is 6. The summed E-state index contributed by atoms with van der Waals surface area (Å²) >= 11 is 0. The van der Waals surface area contributed by atoms with Crippen molar-refractivity contribution in [2.24, 2.45) is 0 Å². The van der Waals surface area contributed by atoms with E-state index >= 15 is 0 Å². The maximum atomic E-state index is 12.7. The number of phosphoric acid groups is 1. The molecule has 0 fully saturated rings. The fourth-order valence-electron chi connectivity index (χ4n) is 5.20. The van der Waals surface area contributed by atoms with Gasteiger partial charge in [-0.3, -0.25) is 13.8 Å². The van der Waals surface area contributed by atoms with Crippen LogP contribution in [0.1, 0.15) is 142 Å². The van der Waals surface area contributed by atoms with Crippen molar-refractivity contribution in [3.63, 3.8) is 0 Å². The van der Waals surface area contributed by atoms with Crippen LogP contribution in [-0.2, 0) is 27.9 Å². The van der Waals surface area contributed by atoms with E-state index in [1.54, 1.807) is 0 Å². The second-order valence-electron chi connectivity index (χ2n) is 15.0. The lowest BCUT2D eigenvalue weighted by molar-refractivity contribution is -0.870. The lowest BCUT2D eigenvalue weighted by Gasteiger charge is -2.24. The Morgan fingerprint density at radius 1 is 0.564 bits per heavy atom. The number of nitrogens with zero attached hydrogens (tertiary/aromatic N) is 1. The van der Waals surface area contributed by atoms with Gasteiger partial charge in [-0.2, -0.15) is 0 Å². The number of likely N-dealkylation sites (N-methyl/N-ethyl adjacent to an activating group) is 1. The lowest BCUT2D eigenvalue weighted by atomic mass is 10.1. The second kappa shape index (κ2) is 38.5. The fraction of sp³-hybridized carbons (Fsp3) is 0.674. The summed E-state index contributed by atoms with van der Waals surface area (Å²) in [5, 5.41) is 0. The van der Waals surface area contributed by atoms with Gasteiger partial charge in [0.1, 0.15) is 19.3 Å². The molecule has 0 radical (unpaired) electrons. The van der Waals surface area contributed by atoms with E-state index in [0.29, 0.717) is 17.6 Å². The van der Waals surface area contributed by atoms with Gasteiger partial charge in [-0.25, -0.2) is 4.57 Å².